The lowest BCUT2D eigenvalue weighted by Crippen LogP contribution is -2.32. The first-order valence-electron chi connectivity index (χ1n) is 10.1. The number of ether oxygens (including phenoxy) is 3. The molecule has 3 aromatic rings. The molecule has 0 atom stereocenters. The highest BCUT2D eigenvalue weighted by atomic mass is 32.2. The van der Waals surface area contributed by atoms with E-state index in [9.17, 15) is 9.59 Å². The first kappa shape index (κ1) is 23.2. The number of esters is 1. The van der Waals surface area contributed by atoms with E-state index in [2.05, 4.69) is 10.3 Å². The third-order valence-corrected chi connectivity index (χ3v) is 4.95. The van der Waals surface area contributed by atoms with Crippen LogP contribution in [0.5, 0.6) is 11.5 Å². The van der Waals surface area contributed by atoms with Crippen molar-refractivity contribution in [1.29, 1.82) is 0 Å². The molecule has 0 spiro atoms. The van der Waals surface area contributed by atoms with Crippen molar-refractivity contribution in [2.45, 2.75) is 12.1 Å². The first-order valence-corrected chi connectivity index (χ1v) is 11.3. The quantitative estimate of drug-likeness (QED) is 0.269. The molecule has 1 heterocycles. The maximum atomic E-state index is 12.6. The summed E-state index contributed by atoms with van der Waals surface area (Å²) in [6.07, 6.45) is 3.32. The summed E-state index contributed by atoms with van der Waals surface area (Å²) < 4.78 is 17.8. The predicted octanol–water partition coefficient (Wildman–Crippen LogP) is 3.34. The van der Waals surface area contributed by atoms with Gasteiger partial charge in [-0.3, -0.25) is 9.36 Å². The number of aromatic nitrogens is 2. The van der Waals surface area contributed by atoms with E-state index in [1.807, 2.05) is 55.6 Å². The number of thioether (sulfide) groups is 1. The van der Waals surface area contributed by atoms with E-state index >= 15 is 0 Å². The molecule has 0 bridgehead atoms. The van der Waals surface area contributed by atoms with Gasteiger partial charge in [-0.2, -0.15) is 0 Å². The highest BCUT2D eigenvalue weighted by Crippen LogP contribution is 2.22. The summed E-state index contributed by atoms with van der Waals surface area (Å²) in [4.78, 5) is 28.9. The summed E-state index contributed by atoms with van der Waals surface area (Å²) in [5.74, 6) is 0.410. The van der Waals surface area contributed by atoms with Crippen molar-refractivity contribution in [3.63, 3.8) is 0 Å². The Morgan fingerprint density at radius 2 is 1.72 bits per heavy atom. The topological polar surface area (TPSA) is 91.7 Å². The van der Waals surface area contributed by atoms with Crippen LogP contribution in [-0.4, -0.2) is 54.0 Å². The summed E-state index contributed by atoms with van der Waals surface area (Å²) >= 11 is 1.41. The Balaban J connectivity index is 1.45. The van der Waals surface area contributed by atoms with Crippen molar-refractivity contribution in [3.05, 3.63) is 66.5 Å². The van der Waals surface area contributed by atoms with Crippen LogP contribution in [0.1, 0.15) is 17.4 Å². The van der Waals surface area contributed by atoms with Crippen LogP contribution in [0.25, 0.3) is 5.69 Å². The molecule has 1 N–H and O–H groups in total. The van der Waals surface area contributed by atoms with Crippen molar-refractivity contribution in [1.82, 2.24) is 14.9 Å². The van der Waals surface area contributed by atoms with Gasteiger partial charge in [-0.1, -0.05) is 30.0 Å². The normalized spacial score (nSPS) is 10.4. The molecule has 0 aliphatic rings. The molecule has 3 rings (SSSR count). The van der Waals surface area contributed by atoms with Crippen LogP contribution in [-0.2, 0) is 9.53 Å². The number of carbonyl (C=O) groups is 2. The minimum Gasteiger partial charge on any atom is -0.494 e. The molecule has 32 heavy (non-hydrogen) atoms. The fourth-order valence-electron chi connectivity index (χ4n) is 2.86. The Kier molecular flexibility index (Phi) is 8.56. The van der Waals surface area contributed by atoms with Crippen molar-refractivity contribution < 1.29 is 23.8 Å². The molecule has 0 saturated heterocycles. The SMILES string of the molecule is CCOc1ccc(OCCNC(=O)COC(=O)c2cnc(SC)n2-c2ccccc2)cc1. The van der Waals surface area contributed by atoms with Crippen LogP contribution in [0, 0.1) is 0 Å². The van der Waals surface area contributed by atoms with Gasteiger partial charge in [-0.05, 0) is 49.6 Å². The summed E-state index contributed by atoms with van der Waals surface area (Å²) in [6.45, 7) is 2.69. The van der Waals surface area contributed by atoms with Crippen molar-refractivity contribution in [3.8, 4) is 17.2 Å². The Morgan fingerprint density at radius 1 is 1.03 bits per heavy atom. The Labute approximate surface area is 190 Å². The zero-order chi connectivity index (χ0) is 22.8. The van der Waals surface area contributed by atoms with Crippen molar-refractivity contribution in [2.24, 2.45) is 0 Å². The van der Waals surface area contributed by atoms with Gasteiger partial charge >= 0.3 is 5.97 Å². The van der Waals surface area contributed by atoms with Crippen LogP contribution in [0.15, 0.2) is 66.0 Å². The van der Waals surface area contributed by atoms with Gasteiger partial charge in [-0.25, -0.2) is 9.78 Å². The molecule has 168 valence electrons. The van der Waals surface area contributed by atoms with Gasteiger partial charge < -0.3 is 19.5 Å². The van der Waals surface area contributed by atoms with Gasteiger partial charge in [0.25, 0.3) is 5.91 Å². The van der Waals surface area contributed by atoms with Crippen LogP contribution < -0.4 is 14.8 Å². The molecule has 2 aromatic carbocycles. The van der Waals surface area contributed by atoms with Crippen LogP contribution in [0.2, 0.25) is 0 Å². The largest absolute Gasteiger partial charge is 0.494 e. The number of hydrogen-bond acceptors (Lipinski definition) is 7. The minimum absolute atomic E-state index is 0.257. The fraction of sp³-hybridized carbons (Fsp3) is 0.261. The van der Waals surface area contributed by atoms with Gasteiger partial charge in [0.05, 0.1) is 19.3 Å². The number of nitrogens with one attached hydrogen (secondary N) is 1. The molecule has 0 radical (unpaired) electrons. The number of amides is 1. The molecule has 9 heteroatoms. The predicted molar refractivity (Wildman–Crippen MR) is 122 cm³/mol. The Hall–Kier alpha value is -3.46. The Morgan fingerprint density at radius 3 is 2.38 bits per heavy atom. The maximum absolute atomic E-state index is 12.6. The lowest BCUT2D eigenvalue weighted by molar-refractivity contribution is -0.124. The average Bonchev–Trinajstić information content (AvgIpc) is 3.26. The number of rotatable bonds is 11. The van der Waals surface area contributed by atoms with E-state index in [4.69, 9.17) is 14.2 Å². The maximum Gasteiger partial charge on any atom is 0.357 e. The number of benzene rings is 2. The summed E-state index contributed by atoms with van der Waals surface area (Å²) in [5, 5.41) is 3.31. The summed E-state index contributed by atoms with van der Waals surface area (Å²) in [5.41, 5.74) is 1.05. The lowest BCUT2D eigenvalue weighted by atomic mass is 10.3. The van der Waals surface area contributed by atoms with Gasteiger partial charge in [-0.15, -0.1) is 0 Å². The molecule has 0 saturated carbocycles. The zero-order valence-electron chi connectivity index (χ0n) is 17.9. The molecule has 0 fully saturated rings. The first-order chi connectivity index (χ1) is 15.6. The number of carbonyl (C=O) groups excluding carboxylic acids is 2. The van der Waals surface area contributed by atoms with Crippen LogP contribution in [0.4, 0.5) is 0 Å². The second-order valence-corrected chi connectivity index (χ2v) is 7.25. The second-order valence-electron chi connectivity index (χ2n) is 6.48. The number of hydrogen-bond donors (Lipinski definition) is 1. The number of imidazole rings is 1. The molecule has 0 aliphatic carbocycles. The second kappa shape index (κ2) is 11.8. The number of nitrogens with zero attached hydrogens (tertiary/aromatic N) is 2. The molecule has 8 nitrogen and oxygen atoms in total. The van der Waals surface area contributed by atoms with Crippen molar-refractivity contribution in [2.75, 3.05) is 32.6 Å². The average molecular weight is 456 g/mol. The van der Waals surface area contributed by atoms with E-state index in [0.29, 0.717) is 17.5 Å². The minimum atomic E-state index is -0.623. The van der Waals surface area contributed by atoms with E-state index < -0.39 is 18.5 Å². The van der Waals surface area contributed by atoms with Crippen LogP contribution >= 0.6 is 11.8 Å². The standard InChI is InChI=1S/C23H25N3O5S/c1-3-29-18-9-11-19(12-10-18)30-14-13-24-21(27)16-31-22(28)20-15-25-23(32-2)26(20)17-7-5-4-6-8-17/h4-12,15H,3,13-14,16H2,1-2H3,(H,24,27). The van der Waals surface area contributed by atoms with Gasteiger partial charge in [0.15, 0.2) is 17.5 Å². The molecule has 1 aromatic heterocycles. The molecule has 0 unspecified atom stereocenters. The highest BCUT2D eigenvalue weighted by molar-refractivity contribution is 7.98. The van der Waals surface area contributed by atoms with Gasteiger partial charge in [0, 0.05) is 5.69 Å². The summed E-state index contributed by atoms with van der Waals surface area (Å²) in [7, 11) is 0. The lowest BCUT2D eigenvalue weighted by Gasteiger charge is -2.11. The van der Waals surface area contributed by atoms with Crippen molar-refractivity contribution >= 4 is 23.6 Å². The monoisotopic (exact) mass is 455 g/mol. The van der Waals surface area contributed by atoms with Gasteiger partial charge in [0.1, 0.15) is 18.1 Å². The van der Waals surface area contributed by atoms with E-state index in [1.165, 1.54) is 18.0 Å². The molecular formula is C23H25N3O5S. The number of para-hydroxylation sites is 1. The highest BCUT2D eigenvalue weighted by Gasteiger charge is 2.19. The third kappa shape index (κ3) is 6.27. The smallest absolute Gasteiger partial charge is 0.357 e. The summed E-state index contributed by atoms with van der Waals surface area (Å²) in [6, 6.07) is 16.6. The molecular weight excluding hydrogens is 430 g/mol. The van der Waals surface area contributed by atoms with Gasteiger partial charge in [0.2, 0.25) is 0 Å². The van der Waals surface area contributed by atoms with Crippen LogP contribution in [0.3, 0.4) is 0 Å². The molecule has 0 aliphatic heterocycles. The van der Waals surface area contributed by atoms with E-state index in [1.54, 1.807) is 16.7 Å². The van der Waals surface area contributed by atoms with E-state index in [-0.39, 0.29) is 18.8 Å². The fourth-order valence-corrected chi connectivity index (χ4v) is 3.41. The third-order valence-electron chi connectivity index (χ3n) is 4.30. The Bertz CT molecular complexity index is 1020. The van der Waals surface area contributed by atoms with E-state index in [0.717, 1.165) is 11.4 Å². The zero-order valence-corrected chi connectivity index (χ0v) is 18.8. The molecule has 1 amide bonds.